The molecule has 0 radical (unpaired) electrons. The molecule has 1 aromatic rings. The number of hydrogen-bond acceptors (Lipinski definition) is 3. The van der Waals surface area contributed by atoms with Crippen molar-refractivity contribution in [2.45, 2.75) is 6.92 Å². The van der Waals surface area contributed by atoms with Gasteiger partial charge in [0.1, 0.15) is 0 Å². The molecule has 0 heterocycles. The fourth-order valence-electron chi connectivity index (χ4n) is 1.34. The molecule has 0 aliphatic rings. The van der Waals surface area contributed by atoms with Gasteiger partial charge in [-0.2, -0.15) is 0 Å². The lowest BCUT2D eigenvalue weighted by Gasteiger charge is -2.11. The maximum atomic E-state index is 9.62. The zero-order chi connectivity index (χ0) is 11.4. The molecule has 4 heteroatoms. The van der Waals surface area contributed by atoms with Gasteiger partial charge in [0, 0.05) is 6.54 Å². The summed E-state index contributed by atoms with van der Waals surface area (Å²) in [4.78, 5) is 0. The van der Waals surface area contributed by atoms with E-state index in [0.717, 1.165) is 15.6 Å². The Morgan fingerprint density at radius 3 is 2.80 bits per heavy atom. The van der Waals surface area contributed by atoms with Gasteiger partial charge < -0.3 is 15.6 Å². The standard InChI is InChI=1S/C11H14BrNO2/c1-7-6-9(14)11(15-2)10(12)8(7)4-3-5-13/h3-4,6,14H,5,13H2,1-2H3/b4-3+. The highest BCUT2D eigenvalue weighted by Gasteiger charge is 2.12. The highest BCUT2D eigenvalue weighted by Crippen LogP contribution is 2.39. The van der Waals surface area contributed by atoms with Crippen molar-refractivity contribution in [3.63, 3.8) is 0 Å². The lowest BCUT2D eigenvalue weighted by Crippen LogP contribution is -1.94. The average molecular weight is 272 g/mol. The van der Waals surface area contributed by atoms with Crippen LogP contribution in [-0.4, -0.2) is 18.8 Å². The molecule has 1 aromatic carbocycles. The van der Waals surface area contributed by atoms with Gasteiger partial charge in [-0.1, -0.05) is 12.2 Å². The quantitative estimate of drug-likeness (QED) is 0.888. The van der Waals surface area contributed by atoms with Gasteiger partial charge in [-0.05, 0) is 40.0 Å². The SMILES string of the molecule is COc1c(O)cc(C)c(/C=C/CN)c1Br. The number of aromatic hydroxyl groups is 1. The Balaban J connectivity index is 3.32. The largest absolute Gasteiger partial charge is 0.504 e. The molecule has 3 N–H and O–H groups in total. The van der Waals surface area contributed by atoms with Crippen molar-refractivity contribution >= 4 is 22.0 Å². The first-order valence-corrected chi connectivity index (χ1v) is 5.33. The van der Waals surface area contributed by atoms with Crippen LogP contribution >= 0.6 is 15.9 Å². The first kappa shape index (κ1) is 12.1. The average Bonchev–Trinajstić information content (AvgIpc) is 2.17. The lowest BCUT2D eigenvalue weighted by molar-refractivity contribution is 0.371. The number of benzene rings is 1. The molecule has 0 aliphatic heterocycles. The number of rotatable bonds is 3. The van der Waals surface area contributed by atoms with Gasteiger partial charge in [0.25, 0.3) is 0 Å². The number of aryl methyl sites for hydroxylation is 1. The number of ether oxygens (including phenoxy) is 1. The summed E-state index contributed by atoms with van der Waals surface area (Å²) in [6.07, 6.45) is 3.75. The van der Waals surface area contributed by atoms with Crippen molar-refractivity contribution in [3.05, 3.63) is 27.7 Å². The van der Waals surface area contributed by atoms with Gasteiger partial charge in [-0.15, -0.1) is 0 Å². The lowest BCUT2D eigenvalue weighted by atomic mass is 10.1. The Hall–Kier alpha value is -1.00. The van der Waals surface area contributed by atoms with E-state index >= 15 is 0 Å². The number of hydrogen-bond donors (Lipinski definition) is 2. The Morgan fingerprint density at radius 1 is 1.60 bits per heavy atom. The van der Waals surface area contributed by atoms with Crippen LogP contribution in [-0.2, 0) is 0 Å². The highest BCUT2D eigenvalue weighted by molar-refractivity contribution is 9.10. The minimum absolute atomic E-state index is 0.131. The van der Waals surface area contributed by atoms with Gasteiger partial charge in [-0.3, -0.25) is 0 Å². The van der Waals surface area contributed by atoms with Crippen LogP contribution in [0.1, 0.15) is 11.1 Å². The summed E-state index contributed by atoms with van der Waals surface area (Å²) in [7, 11) is 1.52. The van der Waals surface area contributed by atoms with Gasteiger partial charge in [0.2, 0.25) is 0 Å². The van der Waals surface area contributed by atoms with Crippen molar-refractivity contribution in [2.24, 2.45) is 5.73 Å². The smallest absolute Gasteiger partial charge is 0.175 e. The Labute approximate surface area is 97.7 Å². The van der Waals surface area contributed by atoms with E-state index in [2.05, 4.69) is 15.9 Å². The van der Waals surface area contributed by atoms with Crippen LogP contribution in [0.15, 0.2) is 16.6 Å². The summed E-state index contributed by atoms with van der Waals surface area (Å²) < 4.78 is 5.83. The number of phenols is 1. The molecule has 0 unspecified atom stereocenters. The van der Waals surface area contributed by atoms with Crippen LogP contribution in [0.25, 0.3) is 6.08 Å². The molecule has 0 aliphatic carbocycles. The molecule has 82 valence electrons. The van der Waals surface area contributed by atoms with Crippen molar-refractivity contribution in [1.29, 1.82) is 0 Å². The maximum Gasteiger partial charge on any atom is 0.175 e. The molecular formula is C11H14BrNO2. The molecule has 0 saturated carbocycles. The summed E-state index contributed by atoms with van der Waals surface area (Å²) in [6.45, 7) is 2.40. The molecule has 15 heavy (non-hydrogen) atoms. The number of phenolic OH excluding ortho intramolecular Hbond substituents is 1. The molecule has 0 fully saturated rings. The zero-order valence-electron chi connectivity index (χ0n) is 8.75. The molecule has 0 amide bonds. The molecule has 0 aromatic heterocycles. The molecular weight excluding hydrogens is 258 g/mol. The molecule has 1 rings (SSSR count). The van der Waals surface area contributed by atoms with Crippen LogP contribution in [0.4, 0.5) is 0 Å². The summed E-state index contributed by atoms with van der Waals surface area (Å²) in [5.74, 6) is 0.573. The van der Waals surface area contributed by atoms with E-state index in [4.69, 9.17) is 10.5 Å². The maximum absolute atomic E-state index is 9.62. The summed E-state index contributed by atoms with van der Waals surface area (Å²) >= 11 is 3.40. The third-order valence-corrected chi connectivity index (χ3v) is 2.86. The minimum Gasteiger partial charge on any atom is -0.504 e. The molecule has 0 atom stereocenters. The van der Waals surface area contributed by atoms with Crippen LogP contribution in [0.2, 0.25) is 0 Å². The first-order valence-electron chi connectivity index (χ1n) is 4.54. The van der Waals surface area contributed by atoms with E-state index in [0.29, 0.717) is 12.3 Å². The third-order valence-electron chi connectivity index (χ3n) is 2.07. The van der Waals surface area contributed by atoms with Crippen molar-refractivity contribution in [2.75, 3.05) is 13.7 Å². The summed E-state index contributed by atoms with van der Waals surface area (Å²) in [5.41, 5.74) is 7.32. The number of halogens is 1. The van der Waals surface area contributed by atoms with E-state index in [1.807, 2.05) is 19.1 Å². The summed E-state index contributed by atoms with van der Waals surface area (Å²) in [6, 6.07) is 1.67. The Morgan fingerprint density at radius 2 is 2.27 bits per heavy atom. The predicted octanol–water partition coefficient (Wildman–Crippen LogP) is 2.44. The molecule has 3 nitrogen and oxygen atoms in total. The first-order chi connectivity index (χ1) is 7.11. The van der Waals surface area contributed by atoms with E-state index in [-0.39, 0.29) is 5.75 Å². The second kappa shape index (κ2) is 5.19. The van der Waals surface area contributed by atoms with E-state index in [1.165, 1.54) is 7.11 Å². The predicted molar refractivity (Wildman–Crippen MR) is 65.2 cm³/mol. The van der Waals surface area contributed by atoms with E-state index in [9.17, 15) is 5.11 Å². The van der Waals surface area contributed by atoms with Crippen molar-refractivity contribution in [1.82, 2.24) is 0 Å². The Bertz CT molecular complexity index is 389. The van der Waals surface area contributed by atoms with Crippen LogP contribution in [0, 0.1) is 6.92 Å². The second-order valence-corrected chi connectivity index (χ2v) is 3.90. The van der Waals surface area contributed by atoms with Crippen LogP contribution in [0.5, 0.6) is 11.5 Å². The van der Waals surface area contributed by atoms with Crippen LogP contribution in [0.3, 0.4) is 0 Å². The minimum atomic E-state index is 0.131. The topological polar surface area (TPSA) is 55.5 Å². The molecule has 0 spiro atoms. The molecule has 0 bridgehead atoms. The van der Waals surface area contributed by atoms with Crippen molar-refractivity contribution < 1.29 is 9.84 Å². The monoisotopic (exact) mass is 271 g/mol. The number of nitrogens with two attached hydrogens (primary N) is 1. The fraction of sp³-hybridized carbons (Fsp3) is 0.273. The second-order valence-electron chi connectivity index (χ2n) is 3.11. The van der Waals surface area contributed by atoms with Gasteiger partial charge in [0.15, 0.2) is 11.5 Å². The number of methoxy groups -OCH3 is 1. The Kier molecular flexibility index (Phi) is 4.17. The normalized spacial score (nSPS) is 10.9. The molecule has 0 saturated heterocycles. The summed E-state index contributed by atoms with van der Waals surface area (Å²) in [5, 5.41) is 9.62. The van der Waals surface area contributed by atoms with Gasteiger partial charge in [-0.25, -0.2) is 0 Å². The highest BCUT2D eigenvalue weighted by atomic mass is 79.9. The van der Waals surface area contributed by atoms with Crippen molar-refractivity contribution in [3.8, 4) is 11.5 Å². The van der Waals surface area contributed by atoms with Gasteiger partial charge >= 0.3 is 0 Å². The third kappa shape index (κ3) is 2.52. The zero-order valence-corrected chi connectivity index (χ0v) is 10.3. The van der Waals surface area contributed by atoms with E-state index in [1.54, 1.807) is 6.07 Å². The van der Waals surface area contributed by atoms with E-state index < -0.39 is 0 Å². The van der Waals surface area contributed by atoms with Crippen LogP contribution < -0.4 is 10.5 Å². The fourth-order valence-corrected chi connectivity index (χ4v) is 2.15. The van der Waals surface area contributed by atoms with Gasteiger partial charge in [0.05, 0.1) is 11.6 Å².